The summed E-state index contributed by atoms with van der Waals surface area (Å²) in [5.74, 6) is 1.03. The smallest absolute Gasteiger partial charge is 0.258 e. The lowest BCUT2D eigenvalue weighted by Crippen LogP contribution is -2.20. The first-order valence-electron chi connectivity index (χ1n) is 1.88. The molecule has 0 aromatic heterocycles. The second-order valence-electron chi connectivity index (χ2n) is 1.25. The highest BCUT2D eigenvalue weighted by Crippen LogP contribution is 2.23. The molecule has 0 unspecified atom stereocenters. The highest BCUT2D eigenvalue weighted by atomic mass is 32.2. The van der Waals surface area contributed by atoms with Crippen LogP contribution in [0.1, 0.15) is 0 Å². The Bertz CT molecular complexity index is 258. The minimum Gasteiger partial charge on any atom is -0.258 e. The Balaban J connectivity index is 4.97. The molecule has 0 radical (unpaired) electrons. The van der Waals surface area contributed by atoms with Gasteiger partial charge in [0, 0.05) is 0 Å². The van der Waals surface area contributed by atoms with E-state index in [1.807, 2.05) is 0 Å². The van der Waals surface area contributed by atoms with Crippen LogP contribution in [0, 0.1) is 5.41 Å². The van der Waals surface area contributed by atoms with Gasteiger partial charge in [0.2, 0.25) is 0 Å². The van der Waals surface area contributed by atoms with Crippen LogP contribution in [0.5, 0.6) is 0 Å². The number of nitrogens with one attached hydrogen (secondary N) is 1. The van der Waals surface area contributed by atoms with Crippen molar-refractivity contribution in [1.29, 1.82) is 5.41 Å². The fourth-order valence-corrected chi connectivity index (χ4v) is 0.433. The van der Waals surface area contributed by atoms with Gasteiger partial charge in [-0.05, 0) is 5.87 Å². The summed E-state index contributed by atoms with van der Waals surface area (Å²) >= 11 is 0. The molecule has 0 aromatic carbocycles. The molecule has 0 heterocycles. The molecule has 0 atom stereocenters. The summed E-state index contributed by atoms with van der Waals surface area (Å²) in [7, 11) is -5.27. The fraction of sp³-hybridized carbons (Fsp3) is 0.333. The largest absolute Gasteiger partial charge is 0.501 e. The maximum Gasteiger partial charge on any atom is 0.501 e. The van der Waals surface area contributed by atoms with E-state index < -0.39 is 15.3 Å². The zero-order chi connectivity index (χ0) is 8.41. The number of hydrogen-bond acceptors (Lipinski definition) is 3. The molecular formula is C3H2F3NO2S. The predicted molar refractivity (Wildman–Crippen MR) is 27.3 cm³/mol. The van der Waals surface area contributed by atoms with Crippen LogP contribution in [0.2, 0.25) is 0 Å². The van der Waals surface area contributed by atoms with E-state index in [0.717, 1.165) is 5.87 Å². The molecule has 1 N–H and O–H groups in total. The van der Waals surface area contributed by atoms with Crippen molar-refractivity contribution >= 4 is 15.7 Å². The fourth-order valence-electron chi connectivity index (χ4n) is 0.144. The minimum absolute atomic E-state index is 0.340. The van der Waals surface area contributed by atoms with Gasteiger partial charge in [-0.3, -0.25) is 5.41 Å². The van der Waals surface area contributed by atoms with E-state index in [2.05, 4.69) is 0 Å². The van der Waals surface area contributed by atoms with Crippen LogP contribution in [0.15, 0.2) is 5.41 Å². The van der Waals surface area contributed by atoms with Gasteiger partial charge in [0.15, 0.2) is 0 Å². The second-order valence-corrected chi connectivity index (χ2v) is 3.04. The number of hydrogen-bond donors (Lipinski definition) is 1. The van der Waals surface area contributed by atoms with E-state index in [9.17, 15) is 21.6 Å². The zero-order valence-corrected chi connectivity index (χ0v) is 5.25. The summed E-state index contributed by atoms with van der Waals surface area (Å²) in [6, 6.07) is 0. The summed E-state index contributed by atoms with van der Waals surface area (Å²) in [5, 5.41) is 5.61. The number of rotatable bonds is 1. The molecule has 0 saturated heterocycles. The third-order valence-electron chi connectivity index (χ3n) is 0.537. The van der Waals surface area contributed by atoms with Gasteiger partial charge in [-0.25, -0.2) is 8.42 Å². The number of alkyl halides is 3. The lowest BCUT2D eigenvalue weighted by atomic mass is 11.2. The molecule has 0 aromatic rings. The van der Waals surface area contributed by atoms with Crippen LogP contribution in [0.4, 0.5) is 13.2 Å². The van der Waals surface area contributed by atoms with Gasteiger partial charge in [-0.15, -0.1) is 0 Å². The maximum absolute atomic E-state index is 11.3. The van der Waals surface area contributed by atoms with E-state index in [1.54, 1.807) is 0 Å². The van der Waals surface area contributed by atoms with Crippen molar-refractivity contribution in [2.45, 2.75) is 5.51 Å². The predicted octanol–water partition coefficient (Wildman–Crippen LogP) is 0.683. The molecule has 0 amide bonds. The highest BCUT2D eigenvalue weighted by molar-refractivity contribution is 7.95. The molecule has 7 heteroatoms. The summed E-state index contributed by atoms with van der Waals surface area (Å²) in [5.41, 5.74) is -5.32. The van der Waals surface area contributed by atoms with Crippen molar-refractivity contribution in [3.05, 3.63) is 5.41 Å². The third-order valence-corrected chi connectivity index (χ3v) is 1.61. The standard InChI is InChI=1S/C3H2F3NO2S/c4-3(5,6)10(8,9)2-1-7/h2,7H. The van der Waals surface area contributed by atoms with Crippen molar-refractivity contribution < 1.29 is 21.6 Å². The molecular weight excluding hydrogens is 171 g/mol. The molecule has 0 bridgehead atoms. The van der Waals surface area contributed by atoms with Gasteiger partial charge < -0.3 is 0 Å². The molecule has 0 fully saturated rings. The lowest BCUT2D eigenvalue weighted by molar-refractivity contribution is -0.0423. The van der Waals surface area contributed by atoms with Crippen LogP contribution in [-0.4, -0.2) is 19.8 Å². The van der Waals surface area contributed by atoms with Crippen molar-refractivity contribution in [1.82, 2.24) is 0 Å². The molecule has 3 nitrogen and oxygen atoms in total. The molecule has 0 rings (SSSR count). The van der Waals surface area contributed by atoms with Crippen molar-refractivity contribution in [2.75, 3.05) is 0 Å². The van der Waals surface area contributed by atoms with Crippen LogP contribution < -0.4 is 0 Å². The van der Waals surface area contributed by atoms with E-state index in [1.165, 1.54) is 0 Å². The molecule has 0 aliphatic heterocycles. The van der Waals surface area contributed by atoms with Crippen molar-refractivity contribution in [2.24, 2.45) is 0 Å². The Labute approximate surface area is 54.6 Å². The first-order chi connectivity index (χ1) is 4.31. The van der Waals surface area contributed by atoms with E-state index >= 15 is 0 Å². The lowest BCUT2D eigenvalue weighted by Gasteiger charge is -1.99. The van der Waals surface area contributed by atoms with Gasteiger partial charge in [-0.1, -0.05) is 0 Å². The summed E-state index contributed by atoms with van der Waals surface area (Å²) < 4.78 is 53.6. The Kier molecular flexibility index (Phi) is 2.24. The van der Waals surface area contributed by atoms with E-state index in [4.69, 9.17) is 5.41 Å². The average Bonchev–Trinajstić information content (AvgIpc) is 1.61. The second kappa shape index (κ2) is 2.43. The van der Waals surface area contributed by atoms with Gasteiger partial charge in [-0.2, -0.15) is 13.2 Å². The zero-order valence-electron chi connectivity index (χ0n) is 4.44. The maximum atomic E-state index is 11.3. The quantitative estimate of drug-likeness (QED) is 0.593. The van der Waals surface area contributed by atoms with Crippen LogP contribution in [0.3, 0.4) is 0 Å². The Morgan fingerprint density at radius 1 is 1.40 bits per heavy atom. The van der Waals surface area contributed by atoms with Gasteiger partial charge in [0.05, 0.1) is 0 Å². The van der Waals surface area contributed by atoms with Crippen LogP contribution in [-0.2, 0) is 9.84 Å². The van der Waals surface area contributed by atoms with Crippen LogP contribution in [0.25, 0.3) is 0 Å². The van der Waals surface area contributed by atoms with Gasteiger partial charge in [0.25, 0.3) is 9.84 Å². The summed E-state index contributed by atoms with van der Waals surface area (Å²) in [6.45, 7) is 0. The van der Waals surface area contributed by atoms with E-state index in [-0.39, 0.29) is 5.41 Å². The monoisotopic (exact) mass is 173 g/mol. The molecule has 0 spiro atoms. The molecule has 58 valence electrons. The molecule has 10 heavy (non-hydrogen) atoms. The van der Waals surface area contributed by atoms with E-state index in [0.29, 0.717) is 0 Å². The Morgan fingerprint density at radius 2 is 1.80 bits per heavy atom. The van der Waals surface area contributed by atoms with Gasteiger partial charge >= 0.3 is 5.51 Å². The first-order valence-corrected chi connectivity index (χ1v) is 3.43. The van der Waals surface area contributed by atoms with Crippen molar-refractivity contribution in [3.8, 4) is 0 Å². The summed E-state index contributed by atoms with van der Waals surface area (Å²) in [6.07, 6.45) is 0. The molecule has 0 aliphatic rings. The van der Waals surface area contributed by atoms with Crippen LogP contribution >= 0.6 is 0 Å². The Morgan fingerprint density at radius 3 is 1.90 bits per heavy atom. The number of halogens is 3. The van der Waals surface area contributed by atoms with Crippen molar-refractivity contribution in [3.63, 3.8) is 0 Å². The average molecular weight is 173 g/mol. The first kappa shape index (κ1) is 9.19. The Hall–Kier alpha value is -0.810. The number of sulfone groups is 1. The normalized spacial score (nSPS) is 12.3. The molecule has 0 aliphatic carbocycles. The third kappa shape index (κ3) is 1.85. The highest BCUT2D eigenvalue weighted by Gasteiger charge is 2.43. The minimum atomic E-state index is -5.32. The van der Waals surface area contributed by atoms with Gasteiger partial charge in [0.1, 0.15) is 5.41 Å². The summed E-state index contributed by atoms with van der Waals surface area (Å²) in [4.78, 5) is 0. The SMILES string of the molecule is N=C=CS(=O)(=O)C(F)(F)F. The topological polar surface area (TPSA) is 58.0 Å². The molecule has 0 saturated carbocycles.